The van der Waals surface area contributed by atoms with E-state index in [1.807, 2.05) is 24.3 Å². The van der Waals surface area contributed by atoms with Crippen molar-refractivity contribution >= 4 is 11.9 Å². The molecule has 184 valence electrons. The van der Waals surface area contributed by atoms with Gasteiger partial charge in [-0.2, -0.15) is 5.10 Å². The molecule has 0 aliphatic heterocycles. The van der Waals surface area contributed by atoms with Gasteiger partial charge in [-0.15, -0.1) is 4.68 Å². The number of nitrogens with zero attached hydrogens (tertiary/aromatic N) is 3. The standard InChI is InChI=1S/C28H33N3O4/c1-19(2)10-11-20-6-5-7-23(16-20)26(32)31-28(35)30(18-29-31)17-21-12-14-22(15-13-21)24-8-3-4-9-25(24)27(33)34/h3-4,8-9,12-15,18-20,23H,5-7,10-11,16-17H2,1-2H3,(H,33,34). The van der Waals surface area contributed by atoms with Crippen molar-refractivity contribution in [2.45, 2.75) is 58.9 Å². The molecule has 1 heterocycles. The second-order valence-corrected chi connectivity index (χ2v) is 10.0. The van der Waals surface area contributed by atoms with E-state index < -0.39 is 11.7 Å². The van der Waals surface area contributed by atoms with Crippen LogP contribution >= 0.6 is 0 Å². The largest absolute Gasteiger partial charge is 0.478 e. The number of benzene rings is 2. The van der Waals surface area contributed by atoms with Gasteiger partial charge in [-0.1, -0.05) is 82.0 Å². The third-order valence-electron chi connectivity index (χ3n) is 7.00. The van der Waals surface area contributed by atoms with Crippen molar-refractivity contribution in [2.24, 2.45) is 17.8 Å². The van der Waals surface area contributed by atoms with Crippen LogP contribution in [-0.4, -0.2) is 31.3 Å². The first kappa shape index (κ1) is 24.6. The third kappa shape index (κ3) is 5.78. The fourth-order valence-electron chi connectivity index (χ4n) is 5.02. The summed E-state index contributed by atoms with van der Waals surface area (Å²) in [4.78, 5) is 37.6. The molecule has 0 spiro atoms. The molecule has 4 rings (SSSR count). The van der Waals surface area contributed by atoms with Gasteiger partial charge in [0.15, 0.2) is 0 Å². The Labute approximate surface area is 205 Å². The van der Waals surface area contributed by atoms with Crippen molar-refractivity contribution < 1.29 is 14.7 Å². The summed E-state index contributed by atoms with van der Waals surface area (Å²) in [6, 6.07) is 14.3. The highest BCUT2D eigenvalue weighted by Crippen LogP contribution is 2.33. The van der Waals surface area contributed by atoms with Crippen molar-refractivity contribution in [2.75, 3.05) is 0 Å². The van der Waals surface area contributed by atoms with Gasteiger partial charge >= 0.3 is 11.7 Å². The van der Waals surface area contributed by atoms with Crippen LogP contribution < -0.4 is 5.69 Å². The zero-order valence-corrected chi connectivity index (χ0v) is 20.4. The van der Waals surface area contributed by atoms with Gasteiger partial charge in [0.2, 0.25) is 0 Å². The summed E-state index contributed by atoms with van der Waals surface area (Å²) in [7, 11) is 0. The minimum atomic E-state index is -0.975. The highest BCUT2D eigenvalue weighted by atomic mass is 16.4. The molecule has 0 saturated heterocycles. The van der Waals surface area contributed by atoms with Gasteiger partial charge in [-0.3, -0.25) is 9.36 Å². The normalized spacial score (nSPS) is 18.0. The summed E-state index contributed by atoms with van der Waals surface area (Å²) in [6.45, 7) is 4.73. The molecule has 1 N–H and O–H groups in total. The molecule has 35 heavy (non-hydrogen) atoms. The Kier molecular flexibility index (Phi) is 7.63. The highest BCUT2D eigenvalue weighted by Gasteiger charge is 2.30. The van der Waals surface area contributed by atoms with Crippen molar-refractivity contribution in [3.05, 3.63) is 76.5 Å². The number of carboxylic acids is 1. The molecule has 1 fully saturated rings. The molecule has 0 amide bonds. The number of carbonyl (C=O) groups is 2. The van der Waals surface area contributed by atoms with Crippen LogP contribution in [0.2, 0.25) is 0 Å². The molecule has 2 unspecified atom stereocenters. The summed E-state index contributed by atoms with van der Waals surface area (Å²) in [5.41, 5.74) is 2.11. The zero-order chi connectivity index (χ0) is 24.9. The topological polar surface area (TPSA) is 94.2 Å². The smallest absolute Gasteiger partial charge is 0.353 e. The van der Waals surface area contributed by atoms with Crippen LogP contribution in [0, 0.1) is 17.8 Å². The molecule has 1 aromatic heterocycles. The van der Waals surface area contributed by atoms with Crippen LogP contribution in [0.25, 0.3) is 11.1 Å². The van der Waals surface area contributed by atoms with E-state index in [4.69, 9.17) is 0 Å². The van der Waals surface area contributed by atoms with Gasteiger partial charge in [0, 0.05) is 5.92 Å². The van der Waals surface area contributed by atoms with Crippen molar-refractivity contribution in [1.29, 1.82) is 0 Å². The molecule has 7 nitrogen and oxygen atoms in total. The van der Waals surface area contributed by atoms with E-state index in [1.54, 1.807) is 24.3 Å². The maximum atomic E-state index is 13.1. The Hall–Kier alpha value is -3.48. The minimum absolute atomic E-state index is 0.143. The number of aromatic carboxylic acids is 1. The first-order valence-corrected chi connectivity index (χ1v) is 12.4. The van der Waals surface area contributed by atoms with Crippen LogP contribution in [0.3, 0.4) is 0 Å². The summed E-state index contributed by atoms with van der Waals surface area (Å²) in [6.07, 6.45) is 7.56. The lowest BCUT2D eigenvalue weighted by atomic mass is 9.78. The first-order valence-electron chi connectivity index (χ1n) is 12.4. The number of hydrogen-bond acceptors (Lipinski definition) is 4. The number of carboxylic acid groups (broad SMARTS) is 1. The predicted octanol–water partition coefficient (Wildman–Crippen LogP) is 5.34. The van der Waals surface area contributed by atoms with Gasteiger partial charge in [0.05, 0.1) is 12.1 Å². The van der Waals surface area contributed by atoms with E-state index in [0.29, 0.717) is 17.4 Å². The average molecular weight is 476 g/mol. The van der Waals surface area contributed by atoms with Gasteiger partial charge in [0.25, 0.3) is 5.91 Å². The van der Waals surface area contributed by atoms with Gasteiger partial charge in [-0.05, 0) is 47.4 Å². The van der Waals surface area contributed by atoms with E-state index >= 15 is 0 Å². The Morgan fingerprint density at radius 1 is 1.09 bits per heavy atom. The maximum Gasteiger partial charge on any atom is 0.353 e. The zero-order valence-electron chi connectivity index (χ0n) is 20.4. The monoisotopic (exact) mass is 475 g/mol. The molecular weight excluding hydrogens is 442 g/mol. The first-order chi connectivity index (χ1) is 16.8. The molecule has 2 atom stereocenters. The number of carbonyl (C=O) groups excluding carboxylic acids is 1. The van der Waals surface area contributed by atoms with Crippen molar-refractivity contribution in [3.63, 3.8) is 0 Å². The Balaban J connectivity index is 1.45. The molecule has 2 aromatic carbocycles. The fraction of sp³-hybridized carbons (Fsp3) is 0.429. The van der Waals surface area contributed by atoms with E-state index in [2.05, 4.69) is 18.9 Å². The second-order valence-electron chi connectivity index (χ2n) is 10.0. The van der Waals surface area contributed by atoms with Gasteiger partial charge in [0.1, 0.15) is 6.33 Å². The van der Waals surface area contributed by atoms with Gasteiger partial charge in [-0.25, -0.2) is 9.59 Å². The van der Waals surface area contributed by atoms with E-state index in [9.17, 15) is 19.5 Å². The Morgan fingerprint density at radius 3 is 2.54 bits per heavy atom. The number of rotatable bonds is 8. The quantitative estimate of drug-likeness (QED) is 0.474. The van der Waals surface area contributed by atoms with Crippen molar-refractivity contribution in [1.82, 2.24) is 14.3 Å². The fourth-order valence-corrected chi connectivity index (χ4v) is 5.02. The molecule has 1 aliphatic carbocycles. The lowest BCUT2D eigenvalue weighted by Crippen LogP contribution is -2.36. The molecule has 1 aliphatic rings. The third-order valence-corrected chi connectivity index (χ3v) is 7.00. The van der Waals surface area contributed by atoms with Crippen LogP contribution in [0.15, 0.2) is 59.7 Å². The molecule has 0 radical (unpaired) electrons. The van der Waals surface area contributed by atoms with Crippen LogP contribution in [0.1, 0.15) is 73.1 Å². The van der Waals surface area contributed by atoms with E-state index in [0.717, 1.165) is 47.9 Å². The SMILES string of the molecule is CC(C)CCC1CCCC(C(=O)n2ncn(Cc3ccc(-c4ccccc4C(=O)O)cc3)c2=O)C1. The number of aromatic nitrogens is 3. The van der Waals surface area contributed by atoms with Crippen LogP contribution in [-0.2, 0) is 6.54 Å². The molecule has 1 saturated carbocycles. The highest BCUT2D eigenvalue weighted by molar-refractivity contribution is 5.96. The lowest BCUT2D eigenvalue weighted by Gasteiger charge is -2.28. The predicted molar refractivity (Wildman–Crippen MR) is 135 cm³/mol. The molecule has 3 aromatic rings. The maximum absolute atomic E-state index is 13.1. The minimum Gasteiger partial charge on any atom is -0.478 e. The second kappa shape index (κ2) is 10.8. The van der Waals surface area contributed by atoms with Crippen LogP contribution in [0.5, 0.6) is 0 Å². The Bertz CT molecular complexity index is 1240. The molecule has 0 bridgehead atoms. The molecule has 7 heteroatoms. The van der Waals surface area contributed by atoms with Crippen molar-refractivity contribution in [3.8, 4) is 11.1 Å². The van der Waals surface area contributed by atoms with E-state index in [-0.39, 0.29) is 23.9 Å². The summed E-state index contributed by atoms with van der Waals surface area (Å²) in [5, 5.41) is 13.6. The number of hydrogen-bond donors (Lipinski definition) is 1. The molecular formula is C28H33N3O4. The summed E-state index contributed by atoms with van der Waals surface area (Å²) in [5.74, 6) is -0.107. The summed E-state index contributed by atoms with van der Waals surface area (Å²) >= 11 is 0. The lowest BCUT2D eigenvalue weighted by molar-refractivity contribution is 0.0696. The Morgan fingerprint density at radius 2 is 1.83 bits per heavy atom. The van der Waals surface area contributed by atoms with E-state index in [1.165, 1.54) is 17.3 Å². The average Bonchev–Trinajstić information content (AvgIpc) is 3.22. The van der Waals surface area contributed by atoms with Crippen LogP contribution in [0.4, 0.5) is 0 Å². The van der Waals surface area contributed by atoms with Gasteiger partial charge < -0.3 is 5.11 Å². The summed E-state index contributed by atoms with van der Waals surface area (Å²) < 4.78 is 2.48.